The van der Waals surface area contributed by atoms with E-state index in [0.29, 0.717) is 11.3 Å². The molecule has 3 saturated heterocycles. The second-order valence-electron chi connectivity index (χ2n) is 13.8. The monoisotopic (exact) mass is 920 g/mol. The Kier molecular flexibility index (Phi) is 11.4. The van der Waals surface area contributed by atoms with Crippen LogP contribution < -0.4 is 26.2 Å². The Balaban J connectivity index is 0.926. The number of phosphoric acid groups is 3. The highest BCUT2D eigenvalue weighted by Crippen LogP contribution is 2.68. The number of ether oxygens (including phenoxy) is 5. The number of aromatic amines is 2. The Morgan fingerprint density at radius 3 is 2.20 bits per heavy atom. The van der Waals surface area contributed by atoms with Gasteiger partial charge in [0.15, 0.2) is 30.0 Å². The predicted molar refractivity (Wildman–Crippen MR) is 198 cm³/mol. The number of nitrogens with zero attached hydrogens (tertiary/aromatic N) is 6. The average molecular weight is 921 g/mol. The molecular weight excluding hydrogens is 883 g/mol. The van der Waals surface area contributed by atoms with Crippen molar-refractivity contribution in [1.29, 1.82) is 0 Å². The summed E-state index contributed by atoms with van der Waals surface area (Å²) in [6, 6.07) is 6.67. The van der Waals surface area contributed by atoms with Crippen LogP contribution in [0.15, 0.2) is 46.5 Å². The second-order valence-corrected chi connectivity index (χ2v) is 18.4. The number of methoxy groups -OCH3 is 1. The number of rotatable bonds is 14. The van der Waals surface area contributed by atoms with Crippen molar-refractivity contribution in [3.63, 3.8) is 0 Å². The van der Waals surface area contributed by atoms with Crippen LogP contribution in [0, 0.1) is 6.92 Å². The number of imidazole rings is 2. The number of hydrogen-bond donors (Lipinski definition) is 8. The minimum absolute atomic E-state index is 0.0188. The van der Waals surface area contributed by atoms with Crippen molar-refractivity contribution in [2.45, 2.75) is 62.3 Å². The number of nitrogen functional groups attached to an aromatic ring is 1. The Morgan fingerprint density at radius 2 is 1.52 bits per heavy atom. The van der Waals surface area contributed by atoms with Crippen molar-refractivity contribution in [2.24, 2.45) is 7.05 Å². The van der Waals surface area contributed by atoms with Crippen LogP contribution in [0.3, 0.4) is 0 Å². The number of fused-ring (bicyclic) bond motifs is 3. The van der Waals surface area contributed by atoms with E-state index in [9.17, 15) is 48.2 Å². The molecule has 28 nitrogen and oxygen atoms in total. The first-order chi connectivity index (χ1) is 28.7. The topological polar surface area (TPSA) is 380 Å². The van der Waals surface area contributed by atoms with Crippen LogP contribution in [0.4, 0.5) is 5.95 Å². The summed E-state index contributed by atoms with van der Waals surface area (Å²) in [5, 5.41) is 21.2. The Hall–Kier alpha value is -4.31. The van der Waals surface area contributed by atoms with Gasteiger partial charge in [0.05, 0.1) is 33.7 Å². The number of benzene rings is 1. The zero-order chi connectivity index (χ0) is 43.8. The Morgan fingerprint density at radius 1 is 0.869 bits per heavy atom. The first kappa shape index (κ1) is 43.3. The molecule has 61 heavy (non-hydrogen) atoms. The third-order valence-electron chi connectivity index (χ3n) is 9.68. The zero-order valence-corrected chi connectivity index (χ0v) is 34.3. The molecule has 0 aliphatic carbocycles. The summed E-state index contributed by atoms with van der Waals surface area (Å²) in [5.41, 5.74) is 5.27. The van der Waals surface area contributed by atoms with Crippen LogP contribution >= 0.6 is 23.5 Å². The number of aryl methyl sites for hydroxylation is 2. The number of aromatic nitrogens is 8. The van der Waals surface area contributed by atoms with Gasteiger partial charge in [-0.05, 0) is 19.1 Å². The molecule has 3 fully saturated rings. The maximum atomic E-state index is 13.0. The second kappa shape index (κ2) is 16.1. The summed E-state index contributed by atoms with van der Waals surface area (Å²) in [6.45, 7) is -0.446. The number of hydrogen-bond acceptors (Lipinski definition) is 20. The van der Waals surface area contributed by atoms with Gasteiger partial charge in [0.25, 0.3) is 17.1 Å². The molecule has 0 spiro atoms. The van der Waals surface area contributed by atoms with Crippen LogP contribution in [0.1, 0.15) is 30.1 Å². The summed E-state index contributed by atoms with van der Waals surface area (Å²) in [4.78, 5) is 73.1. The molecule has 0 saturated carbocycles. The number of aliphatic hydroxyl groups is 2. The van der Waals surface area contributed by atoms with Crippen molar-refractivity contribution >= 4 is 51.7 Å². The molecular formula is C30H37N9O19P3+. The summed E-state index contributed by atoms with van der Waals surface area (Å²) in [5.74, 6) is 0.540. The molecule has 0 bridgehead atoms. The first-order valence-corrected chi connectivity index (χ1v) is 22.2. The van der Waals surface area contributed by atoms with Gasteiger partial charge in [0.2, 0.25) is 11.7 Å². The number of phosphoric ester groups is 2. The van der Waals surface area contributed by atoms with E-state index in [2.05, 4.69) is 33.5 Å². The van der Waals surface area contributed by atoms with Crippen LogP contribution in [0.5, 0.6) is 5.75 Å². The SMILES string of the molecule is COc1ccc(C2OC3[C@@H](COP(=O)(O)OP(=O)(O)OP(=O)(O)OC[C@H]4O[C@@H](n5cnc6c(=O)[nH]c(C)nc65)[C@@H](O)C4O)O[C@@H]([n+]4cn(C)c5c(=O)[nH]c(N)nc54)[C@H]3O2)cc1. The quantitative estimate of drug-likeness (QED) is 0.0486. The zero-order valence-electron chi connectivity index (χ0n) is 31.6. The largest absolute Gasteiger partial charge is 0.497 e. The summed E-state index contributed by atoms with van der Waals surface area (Å²) in [6.07, 6.45) is -9.43. The van der Waals surface area contributed by atoms with Crippen LogP contribution in [0.25, 0.3) is 22.3 Å². The smallest absolute Gasteiger partial charge is 0.490 e. The van der Waals surface area contributed by atoms with Gasteiger partial charge in [-0.2, -0.15) is 8.62 Å². The fourth-order valence-corrected chi connectivity index (χ4v) is 10.6. The molecule has 3 aliphatic rings. The Bertz CT molecular complexity index is 2750. The maximum Gasteiger partial charge on any atom is 0.490 e. The van der Waals surface area contributed by atoms with Gasteiger partial charge in [-0.3, -0.25) is 32.8 Å². The van der Waals surface area contributed by atoms with Crippen molar-refractivity contribution < 1.29 is 84.5 Å². The van der Waals surface area contributed by atoms with Gasteiger partial charge in [0, 0.05) is 5.56 Å². The molecule has 3 aliphatic heterocycles. The van der Waals surface area contributed by atoms with Crippen LogP contribution in [-0.2, 0) is 57.4 Å². The van der Waals surface area contributed by atoms with Gasteiger partial charge in [-0.15, -0.1) is 0 Å². The van der Waals surface area contributed by atoms with Crippen molar-refractivity contribution in [1.82, 2.24) is 34.1 Å². The van der Waals surface area contributed by atoms with Crippen LogP contribution in [-0.4, -0.2) is 116 Å². The lowest BCUT2D eigenvalue weighted by Gasteiger charge is -2.22. The number of anilines is 1. The fourth-order valence-electron chi connectivity index (χ4n) is 7.04. The fraction of sp³-hybridized carbons (Fsp3) is 0.467. The summed E-state index contributed by atoms with van der Waals surface area (Å²) in [7, 11) is -14.3. The highest BCUT2D eigenvalue weighted by Gasteiger charge is 2.57. The number of H-pyrrole nitrogens is 2. The molecule has 31 heteroatoms. The standard InChI is InChI=1S/C30H36N9O19P3/c1-12-33-23-17(25(42)34-12)32-10-38(23)27-20(41)19(40)15(53-27)8-51-59(44,45)57-61(48,49)58-60(46,47)52-9-16-21-22(56-29(55-21)13-4-6-14(50-3)7-5-13)28(54-16)39-11-37(2)18-24(39)35-30(31)36-26(18)43/h4-7,10-11,15-16,19-22,27-29,40-41H,8-9H2,1-3H3,(H6-,31,33,34,35,36,42,43,44,45,46,47,48,49)/p+1/t15-,16-,19?,20+,21?,22+,27-,28-,29?/m1/s1. The molecule has 9 N–H and O–H groups in total. The number of aliphatic hydroxyl groups excluding tert-OH is 2. The van der Waals surface area contributed by atoms with E-state index in [1.54, 1.807) is 31.3 Å². The molecule has 330 valence electrons. The highest BCUT2D eigenvalue weighted by atomic mass is 31.3. The van der Waals surface area contributed by atoms with E-state index < -0.39 is 103 Å². The molecule has 7 heterocycles. The molecule has 1 aromatic carbocycles. The normalized spacial score (nSPS) is 29.4. The maximum absolute atomic E-state index is 13.0. The van der Waals surface area contributed by atoms with E-state index in [1.807, 2.05) is 0 Å². The molecule has 0 radical (unpaired) electrons. The lowest BCUT2D eigenvalue weighted by molar-refractivity contribution is -0.746. The van der Waals surface area contributed by atoms with Gasteiger partial charge < -0.3 is 59.3 Å². The third-order valence-corrected chi connectivity index (χ3v) is 13.9. The highest BCUT2D eigenvalue weighted by molar-refractivity contribution is 7.66. The third kappa shape index (κ3) is 8.59. The molecule has 8 rings (SSSR count). The van der Waals surface area contributed by atoms with Crippen molar-refractivity contribution in [3.05, 3.63) is 69.0 Å². The van der Waals surface area contributed by atoms with E-state index in [-0.39, 0.29) is 34.1 Å². The predicted octanol–water partition coefficient (Wildman–Crippen LogP) is -1.05. The molecule has 5 aromatic rings. The van der Waals surface area contributed by atoms with Crippen LogP contribution in [0.2, 0.25) is 0 Å². The molecule has 12 atom stereocenters. The first-order valence-electron chi connectivity index (χ1n) is 17.7. The average Bonchev–Trinajstić information content (AvgIpc) is 3.98. The van der Waals surface area contributed by atoms with Gasteiger partial charge >= 0.3 is 29.1 Å². The van der Waals surface area contributed by atoms with Crippen molar-refractivity contribution in [2.75, 3.05) is 26.1 Å². The van der Waals surface area contributed by atoms with E-state index in [1.165, 1.54) is 29.5 Å². The minimum Gasteiger partial charge on any atom is -0.497 e. The summed E-state index contributed by atoms with van der Waals surface area (Å²) < 4.78 is 90.0. The van der Waals surface area contributed by atoms with E-state index in [0.717, 1.165) is 10.9 Å². The lowest BCUT2D eigenvalue weighted by atomic mass is 10.1. The molecule has 0 amide bonds. The summed E-state index contributed by atoms with van der Waals surface area (Å²) >= 11 is 0. The van der Waals surface area contributed by atoms with Gasteiger partial charge in [-0.1, -0.05) is 17.1 Å². The molecule has 4 aromatic heterocycles. The minimum atomic E-state index is -6.00. The lowest BCUT2D eigenvalue weighted by Crippen LogP contribution is -2.45. The number of nitrogens with two attached hydrogens (primary N) is 1. The van der Waals surface area contributed by atoms with Gasteiger partial charge in [0.1, 0.15) is 48.2 Å². The van der Waals surface area contributed by atoms with Crippen molar-refractivity contribution in [3.8, 4) is 5.75 Å². The number of nitrogens with one attached hydrogen (secondary N) is 2. The van der Waals surface area contributed by atoms with Gasteiger partial charge in [-0.25, -0.2) is 28.2 Å². The van der Waals surface area contributed by atoms with E-state index in [4.69, 9.17) is 38.5 Å². The molecule has 6 unspecified atom stereocenters. The Labute approximate surface area is 340 Å². The van der Waals surface area contributed by atoms with E-state index >= 15 is 0 Å².